The minimum Gasteiger partial charge on any atom is -0.387 e. The summed E-state index contributed by atoms with van der Waals surface area (Å²) in [6, 6.07) is 4.92. The zero-order valence-electron chi connectivity index (χ0n) is 9.70. The molecule has 1 saturated heterocycles. The molecule has 1 aromatic carbocycles. The Hall–Kier alpha value is -1.51. The molecule has 1 heterocycles. The number of halogens is 2. The van der Waals surface area contributed by atoms with Crippen molar-refractivity contribution in [3.05, 3.63) is 35.4 Å². The lowest BCUT2D eigenvalue weighted by Crippen LogP contribution is -2.34. The van der Waals surface area contributed by atoms with Crippen LogP contribution in [-0.4, -0.2) is 18.3 Å². The Labute approximate surface area is 104 Å². The number of nitriles is 1. The van der Waals surface area contributed by atoms with Crippen LogP contribution in [0, 0.1) is 28.4 Å². The first-order valence-electron chi connectivity index (χ1n) is 5.71. The van der Waals surface area contributed by atoms with Crippen molar-refractivity contribution in [2.45, 2.75) is 18.9 Å². The van der Waals surface area contributed by atoms with Crippen molar-refractivity contribution >= 4 is 0 Å². The molecule has 2 rings (SSSR count). The maximum absolute atomic E-state index is 13.6. The number of benzene rings is 1. The van der Waals surface area contributed by atoms with E-state index in [4.69, 9.17) is 4.74 Å². The second-order valence-corrected chi connectivity index (χ2v) is 4.45. The van der Waals surface area contributed by atoms with Gasteiger partial charge in [-0.2, -0.15) is 5.26 Å². The number of hydrogen-bond donors (Lipinski definition) is 1. The van der Waals surface area contributed by atoms with E-state index in [1.807, 2.05) is 6.07 Å². The van der Waals surface area contributed by atoms with E-state index < -0.39 is 23.2 Å². The fraction of sp³-hybridized carbons (Fsp3) is 0.462. The minimum absolute atomic E-state index is 0.168. The lowest BCUT2D eigenvalue weighted by atomic mass is 9.74. The highest BCUT2D eigenvalue weighted by atomic mass is 19.1. The second-order valence-electron chi connectivity index (χ2n) is 4.45. The maximum Gasteiger partial charge on any atom is 0.129 e. The van der Waals surface area contributed by atoms with E-state index in [2.05, 4.69) is 0 Å². The van der Waals surface area contributed by atoms with Crippen LogP contribution in [0.15, 0.2) is 18.2 Å². The first kappa shape index (κ1) is 12.9. The number of aliphatic hydroxyl groups is 1. The number of rotatable bonds is 2. The van der Waals surface area contributed by atoms with Gasteiger partial charge in [0.05, 0.1) is 11.5 Å². The third-order valence-electron chi connectivity index (χ3n) is 3.38. The van der Waals surface area contributed by atoms with Crippen LogP contribution in [0.25, 0.3) is 0 Å². The van der Waals surface area contributed by atoms with Gasteiger partial charge in [-0.05, 0) is 31.0 Å². The molecule has 0 saturated carbocycles. The molecule has 1 aromatic rings. The van der Waals surface area contributed by atoms with Crippen LogP contribution in [0.2, 0.25) is 0 Å². The summed E-state index contributed by atoms with van der Waals surface area (Å²) in [5.74, 6) is -1.34. The van der Waals surface area contributed by atoms with Gasteiger partial charge < -0.3 is 9.84 Å². The van der Waals surface area contributed by atoms with E-state index in [1.165, 1.54) is 0 Å². The highest BCUT2D eigenvalue weighted by molar-refractivity contribution is 5.25. The standard InChI is InChI=1S/C13H13F2NO2/c14-9-1-2-11(15)10(7-9)12(17)13(8-16)3-5-18-6-4-13/h1-2,7,12,17H,3-6H2. The lowest BCUT2D eigenvalue weighted by molar-refractivity contribution is -0.0323. The predicted molar refractivity (Wildman–Crippen MR) is 59.4 cm³/mol. The molecule has 0 amide bonds. The molecule has 3 nitrogen and oxygen atoms in total. The fourth-order valence-corrected chi connectivity index (χ4v) is 2.20. The van der Waals surface area contributed by atoms with Gasteiger partial charge >= 0.3 is 0 Å². The number of ether oxygens (including phenoxy) is 1. The molecular weight excluding hydrogens is 240 g/mol. The van der Waals surface area contributed by atoms with Gasteiger partial charge in [0.25, 0.3) is 0 Å². The third-order valence-corrected chi connectivity index (χ3v) is 3.38. The van der Waals surface area contributed by atoms with Crippen molar-refractivity contribution in [1.29, 1.82) is 5.26 Å². The first-order valence-corrected chi connectivity index (χ1v) is 5.71. The Balaban J connectivity index is 2.37. The summed E-state index contributed by atoms with van der Waals surface area (Å²) in [4.78, 5) is 0. The Morgan fingerprint density at radius 2 is 2.00 bits per heavy atom. The summed E-state index contributed by atoms with van der Waals surface area (Å²) in [7, 11) is 0. The molecule has 0 aliphatic carbocycles. The van der Waals surface area contributed by atoms with Crippen molar-refractivity contribution in [3.63, 3.8) is 0 Å². The average Bonchev–Trinajstić information content (AvgIpc) is 2.41. The molecule has 1 aliphatic rings. The Bertz CT molecular complexity index is 478. The molecule has 0 spiro atoms. The van der Waals surface area contributed by atoms with Crippen LogP contribution >= 0.6 is 0 Å². The summed E-state index contributed by atoms with van der Waals surface area (Å²) in [5, 5.41) is 19.5. The van der Waals surface area contributed by atoms with E-state index in [-0.39, 0.29) is 5.56 Å². The van der Waals surface area contributed by atoms with Crippen molar-refractivity contribution in [2.24, 2.45) is 5.41 Å². The molecule has 1 N–H and O–H groups in total. The lowest BCUT2D eigenvalue weighted by Gasteiger charge is -2.35. The quantitative estimate of drug-likeness (QED) is 0.880. The summed E-state index contributed by atoms with van der Waals surface area (Å²) in [5.41, 5.74) is -1.27. The van der Waals surface area contributed by atoms with Crippen molar-refractivity contribution in [2.75, 3.05) is 13.2 Å². The predicted octanol–water partition coefficient (Wildman–Crippen LogP) is 2.32. The van der Waals surface area contributed by atoms with E-state index >= 15 is 0 Å². The average molecular weight is 253 g/mol. The number of nitrogens with zero attached hydrogens (tertiary/aromatic N) is 1. The van der Waals surface area contributed by atoms with Crippen LogP contribution in [0.4, 0.5) is 8.78 Å². The largest absolute Gasteiger partial charge is 0.387 e. The Kier molecular flexibility index (Phi) is 3.60. The second kappa shape index (κ2) is 5.01. The molecule has 0 bridgehead atoms. The number of hydrogen-bond acceptors (Lipinski definition) is 3. The molecule has 18 heavy (non-hydrogen) atoms. The van der Waals surface area contributed by atoms with Gasteiger partial charge in [-0.3, -0.25) is 0 Å². The van der Waals surface area contributed by atoms with Crippen LogP contribution in [0.1, 0.15) is 24.5 Å². The van der Waals surface area contributed by atoms with Crippen LogP contribution in [0.5, 0.6) is 0 Å². The van der Waals surface area contributed by atoms with Gasteiger partial charge in [0.15, 0.2) is 0 Å². The van der Waals surface area contributed by atoms with E-state index in [1.54, 1.807) is 0 Å². The summed E-state index contributed by atoms with van der Waals surface area (Å²) in [6.45, 7) is 0.670. The topological polar surface area (TPSA) is 53.2 Å². The summed E-state index contributed by atoms with van der Waals surface area (Å²) >= 11 is 0. The highest BCUT2D eigenvalue weighted by Gasteiger charge is 2.41. The zero-order valence-corrected chi connectivity index (χ0v) is 9.70. The van der Waals surface area contributed by atoms with Gasteiger partial charge in [0.2, 0.25) is 0 Å². The van der Waals surface area contributed by atoms with Crippen molar-refractivity contribution < 1.29 is 18.6 Å². The van der Waals surface area contributed by atoms with Gasteiger partial charge in [-0.25, -0.2) is 8.78 Å². The van der Waals surface area contributed by atoms with Crippen molar-refractivity contribution in [3.8, 4) is 6.07 Å². The molecule has 96 valence electrons. The van der Waals surface area contributed by atoms with Gasteiger partial charge in [0.1, 0.15) is 17.7 Å². The van der Waals surface area contributed by atoms with Gasteiger partial charge in [-0.15, -0.1) is 0 Å². The van der Waals surface area contributed by atoms with Gasteiger partial charge in [-0.1, -0.05) is 0 Å². The van der Waals surface area contributed by atoms with E-state index in [0.29, 0.717) is 26.1 Å². The monoisotopic (exact) mass is 253 g/mol. The molecule has 0 aromatic heterocycles. The highest BCUT2D eigenvalue weighted by Crippen LogP contribution is 2.42. The number of aliphatic hydroxyl groups excluding tert-OH is 1. The van der Waals surface area contributed by atoms with E-state index in [0.717, 1.165) is 18.2 Å². The molecule has 1 atom stereocenters. The Morgan fingerprint density at radius 3 is 2.61 bits per heavy atom. The van der Waals surface area contributed by atoms with Gasteiger partial charge in [0, 0.05) is 18.8 Å². The summed E-state index contributed by atoms with van der Waals surface area (Å²) in [6.07, 6.45) is -0.733. The minimum atomic E-state index is -1.35. The maximum atomic E-state index is 13.6. The SMILES string of the molecule is N#CC1(C(O)c2cc(F)ccc2F)CCOCC1. The molecule has 1 unspecified atom stereocenters. The van der Waals surface area contributed by atoms with Crippen LogP contribution in [0.3, 0.4) is 0 Å². The normalized spacial score (nSPS) is 20.1. The fourth-order valence-electron chi connectivity index (χ4n) is 2.20. The Morgan fingerprint density at radius 1 is 1.33 bits per heavy atom. The van der Waals surface area contributed by atoms with Crippen molar-refractivity contribution in [1.82, 2.24) is 0 Å². The molecule has 0 radical (unpaired) electrons. The molecule has 1 fully saturated rings. The molecule has 5 heteroatoms. The molecule has 1 aliphatic heterocycles. The van der Waals surface area contributed by atoms with Crippen LogP contribution < -0.4 is 0 Å². The van der Waals surface area contributed by atoms with E-state index in [9.17, 15) is 19.1 Å². The van der Waals surface area contributed by atoms with Crippen LogP contribution in [-0.2, 0) is 4.74 Å². The zero-order chi connectivity index (χ0) is 13.2. The smallest absolute Gasteiger partial charge is 0.129 e. The third kappa shape index (κ3) is 2.22. The summed E-state index contributed by atoms with van der Waals surface area (Å²) < 4.78 is 31.9. The molecular formula is C13H13F2NO2. The first-order chi connectivity index (χ1) is 8.59.